The van der Waals surface area contributed by atoms with Crippen molar-refractivity contribution >= 4 is 29.2 Å². The molecule has 0 spiro atoms. The van der Waals surface area contributed by atoms with Gasteiger partial charge in [-0.1, -0.05) is 51.1 Å². The average molecular weight is 887 g/mol. The van der Waals surface area contributed by atoms with Gasteiger partial charge in [0.25, 0.3) is 0 Å². The van der Waals surface area contributed by atoms with Gasteiger partial charge < -0.3 is 36.9 Å². The zero-order valence-electron chi connectivity index (χ0n) is 38.1. The minimum Gasteiger partial charge on any atom is -0.492 e. The number of likely N-dealkylation sites (N-methyl/N-ethyl adjacent to an activating group) is 1. The summed E-state index contributed by atoms with van der Waals surface area (Å²) in [4.78, 5) is 81.2. The molecule has 15 nitrogen and oxygen atoms in total. The van der Waals surface area contributed by atoms with E-state index in [1.54, 1.807) is 55.7 Å². The number of nitrogens with zero attached hydrogens (tertiary/aromatic N) is 4. The van der Waals surface area contributed by atoms with Crippen molar-refractivity contribution in [2.45, 2.75) is 84.7 Å². The summed E-state index contributed by atoms with van der Waals surface area (Å²) in [5.41, 5.74) is 22.8. The quantitative estimate of drug-likeness (QED) is 0.0882. The molecule has 0 unspecified atom stereocenters. The Morgan fingerprint density at radius 3 is 2.17 bits per heavy atom. The van der Waals surface area contributed by atoms with Gasteiger partial charge in [0.05, 0.1) is 12.1 Å². The van der Waals surface area contributed by atoms with Crippen LogP contribution in [-0.2, 0) is 32.0 Å². The van der Waals surface area contributed by atoms with Crippen molar-refractivity contribution in [1.82, 2.24) is 20.2 Å². The van der Waals surface area contributed by atoms with Gasteiger partial charge in [-0.15, -0.1) is 0 Å². The van der Waals surface area contributed by atoms with Crippen molar-refractivity contribution in [1.29, 1.82) is 5.26 Å². The van der Waals surface area contributed by atoms with E-state index in [1.807, 2.05) is 31.2 Å². The highest BCUT2D eigenvalue weighted by Gasteiger charge is 2.36. The van der Waals surface area contributed by atoms with E-state index < -0.39 is 41.5 Å². The van der Waals surface area contributed by atoms with Gasteiger partial charge in [-0.05, 0) is 78.7 Å². The largest absolute Gasteiger partial charge is 0.492 e. The number of aryl methyl sites for hydroxylation is 1. The number of carbonyl (C=O) groups excluding carboxylic acids is 5. The number of carbonyl (C=O) groups is 5. The Hall–Kier alpha value is -6.34. The molecular formula is C50H62N8O7. The van der Waals surface area contributed by atoms with Gasteiger partial charge in [0.1, 0.15) is 36.6 Å². The third-order valence-electron chi connectivity index (χ3n) is 11.5. The van der Waals surface area contributed by atoms with Crippen molar-refractivity contribution < 1.29 is 33.4 Å². The van der Waals surface area contributed by atoms with Crippen LogP contribution in [0.15, 0.2) is 67.0 Å². The van der Waals surface area contributed by atoms with Gasteiger partial charge in [0.2, 0.25) is 11.8 Å². The number of hydrogen-bond donors (Lipinski definition) is 4. The van der Waals surface area contributed by atoms with Crippen LogP contribution >= 0.6 is 0 Å². The number of aromatic nitrogens is 2. The number of Topliss-reactive ketones (excluding diaryl/α,β-unsaturated/α-hetero) is 3. The number of nitrogens with one attached hydrogen (secondary N) is 1. The van der Waals surface area contributed by atoms with Crippen LogP contribution in [0.25, 0.3) is 22.3 Å². The molecule has 2 amide bonds. The van der Waals surface area contributed by atoms with E-state index in [0.717, 1.165) is 28.9 Å². The second-order valence-corrected chi connectivity index (χ2v) is 17.1. The topological polar surface area (TPSA) is 247 Å². The molecule has 0 fully saturated rings. The van der Waals surface area contributed by atoms with Crippen LogP contribution in [0.1, 0.15) is 91.8 Å². The maximum Gasteiger partial charge on any atom is 0.226 e. The van der Waals surface area contributed by atoms with Crippen molar-refractivity contribution in [3.63, 3.8) is 0 Å². The normalized spacial score (nSPS) is 16.8. The average Bonchev–Trinajstić information content (AvgIpc) is 3.28. The van der Waals surface area contributed by atoms with Crippen LogP contribution in [0.4, 0.5) is 0 Å². The maximum absolute atomic E-state index is 14.7. The lowest BCUT2D eigenvalue weighted by atomic mass is 9.87. The SMILES string of the molecule is Cc1cc(-c2cnc(CC(C)C)nc2)ccc1C(=O)C[C@@H](CCN)C(=O)N(C)[C@@H]1C(=O)C[C@@H](C)C(=O)N[C@H](C(=O)CCC#N)Cc2ccc(OCCN)c(c2)-c2cc1ccc2OCCN. The second-order valence-electron chi connectivity index (χ2n) is 17.1. The Morgan fingerprint density at radius 1 is 0.892 bits per heavy atom. The van der Waals surface area contributed by atoms with E-state index in [4.69, 9.17) is 26.7 Å². The molecule has 0 saturated carbocycles. The first-order valence-electron chi connectivity index (χ1n) is 22.3. The molecule has 5 rings (SSSR count). The van der Waals surface area contributed by atoms with E-state index in [1.165, 1.54) is 11.9 Å². The Bertz CT molecular complexity index is 2380. The molecule has 4 bridgehead atoms. The molecule has 15 heteroatoms. The first-order valence-corrected chi connectivity index (χ1v) is 22.3. The molecular weight excluding hydrogens is 825 g/mol. The highest BCUT2D eigenvalue weighted by atomic mass is 16.5. The molecule has 1 aromatic heterocycles. The molecule has 2 heterocycles. The molecule has 344 valence electrons. The molecule has 0 radical (unpaired) electrons. The fourth-order valence-electron chi connectivity index (χ4n) is 8.11. The maximum atomic E-state index is 14.7. The second kappa shape index (κ2) is 23.5. The van der Waals surface area contributed by atoms with Gasteiger partial charge in [0, 0.05) is 98.7 Å². The van der Waals surface area contributed by atoms with Crippen LogP contribution in [0.2, 0.25) is 0 Å². The van der Waals surface area contributed by atoms with Crippen LogP contribution in [0.3, 0.4) is 0 Å². The number of ether oxygens (including phenoxy) is 2. The fourth-order valence-corrected chi connectivity index (χ4v) is 8.11. The fraction of sp³-hybridized carbons (Fsp3) is 0.440. The van der Waals surface area contributed by atoms with E-state index in [0.29, 0.717) is 45.2 Å². The van der Waals surface area contributed by atoms with Gasteiger partial charge >= 0.3 is 0 Å². The number of benzene rings is 3. The minimum absolute atomic E-state index is 0.0286. The lowest BCUT2D eigenvalue weighted by Crippen LogP contribution is -2.46. The zero-order valence-corrected chi connectivity index (χ0v) is 38.1. The summed E-state index contributed by atoms with van der Waals surface area (Å²) < 4.78 is 12.3. The minimum atomic E-state index is -1.22. The number of hydrogen-bond acceptors (Lipinski definition) is 13. The summed E-state index contributed by atoms with van der Waals surface area (Å²) in [5.74, 6) is -1.80. The number of nitrogens with two attached hydrogens (primary N) is 3. The lowest BCUT2D eigenvalue weighted by molar-refractivity contribution is -0.142. The van der Waals surface area contributed by atoms with Crippen LogP contribution in [0, 0.1) is 36.0 Å². The zero-order chi connectivity index (χ0) is 47.2. The highest BCUT2D eigenvalue weighted by Crippen LogP contribution is 2.41. The molecule has 1 aliphatic heterocycles. The number of nitriles is 1. The number of amides is 2. The number of fused-ring (bicyclic) bond motifs is 5. The number of rotatable bonds is 19. The molecule has 0 aliphatic carbocycles. The van der Waals surface area contributed by atoms with Crippen LogP contribution < -0.4 is 32.0 Å². The third-order valence-corrected chi connectivity index (χ3v) is 11.5. The molecule has 65 heavy (non-hydrogen) atoms. The Kier molecular flexibility index (Phi) is 18.0. The van der Waals surface area contributed by atoms with Crippen molar-refractivity contribution in [3.8, 4) is 39.8 Å². The predicted molar refractivity (Wildman–Crippen MR) is 248 cm³/mol. The predicted octanol–water partition coefficient (Wildman–Crippen LogP) is 5.24. The Morgan fingerprint density at radius 2 is 1.55 bits per heavy atom. The first-order chi connectivity index (χ1) is 31.2. The van der Waals surface area contributed by atoms with E-state index in [9.17, 15) is 29.2 Å². The smallest absolute Gasteiger partial charge is 0.226 e. The number of ketones is 3. The standard InChI is InChI=1S/C50H62N8O7/c1-30(2)21-47-55-28-37(29-56-47)34-9-11-38(31(3)22-34)43(60)27-36(14-16-52)50(63)58(5)48-35-10-13-46(65-20-18-54)40(26-35)39-24-33(8-12-45(39)64-19-17-53)25-41(42(59)7-6-15-51)57-49(62)32(4)23-44(48)61/h8-13,22,24,26,28-30,32,36,41,48H,6-7,14,16-21,23,25,27,52-54H2,1-5H3,(H,57,62)/t32-,36-,41+,48+/m1/s1. The molecule has 0 saturated heterocycles. The van der Waals surface area contributed by atoms with Crippen molar-refractivity contribution in [2.24, 2.45) is 35.0 Å². The highest BCUT2D eigenvalue weighted by molar-refractivity contribution is 6.01. The Balaban J connectivity index is 1.55. The van der Waals surface area contributed by atoms with Crippen molar-refractivity contribution in [3.05, 3.63) is 95.1 Å². The Labute approximate surface area is 381 Å². The first kappa shape index (κ1) is 49.7. The lowest BCUT2D eigenvalue weighted by Gasteiger charge is -2.32. The summed E-state index contributed by atoms with van der Waals surface area (Å²) in [6.07, 6.45) is 4.03. The summed E-state index contributed by atoms with van der Waals surface area (Å²) in [7, 11) is 1.51. The van der Waals surface area contributed by atoms with Crippen LogP contribution in [0.5, 0.6) is 11.5 Å². The van der Waals surface area contributed by atoms with Crippen LogP contribution in [-0.4, -0.2) is 90.0 Å². The summed E-state index contributed by atoms with van der Waals surface area (Å²) in [6, 6.07) is 15.8. The summed E-state index contributed by atoms with van der Waals surface area (Å²) in [5, 5.41) is 12.1. The van der Waals surface area contributed by atoms with Gasteiger partial charge in [-0.3, -0.25) is 24.0 Å². The van der Waals surface area contributed by atoms with Crippen molar-refractivity contribution in [2.75, 3.05) is 39.9 Å². The molecule has 4 aromatic rings. The summed E-state index contributed by atoms with van der Waals surface area (Å²) >= 11 is 0. The molecule has 4 atom stereocenters. The third kappa shape index (κ3) is 12.9. The van der Waals surface area contributed by atoms with E-state index in [-0.39, 0.29) is 82.9 Å². The molecule has 1 aliphatic rings. The molecule has 3 aromatic carbocycles. The van der Waals surface area contributed by atoms with Gasteiger partial charge in [-0.25, -0.2) is 9.97 Å². The summed E-state index contributed by atoms with van der Waals surface area (Å²) in [6.45, 7) is 8.53. The van der Waals surface area contributed by atoms with E-state index >= 15 is 0 Å². The van der Waals surface area contributed by atoms with Gasteiger partial charge in [0.15, 0.2) is 17.3 Å². The van der Waals surface area contributed by atoms with E-state index in [2.05, 4.69) is 29.1 Å². The monoisotopic (exact) mass is 886 g/mol. The molecule has 7 N–H and O–H groups in total. The van der Waals surface area contributed by atoms with Gasteiger partial charge in [-0.2, -0.15) is 5.26 Å².